The zero-order chi connectivity index (χ0) is 47.8. The standard InChI is InChI=1S/C54H57F2N9O5/c1-2-39-43(55)8-3-33-23-38(66)24-41(46(33)39)48-47(56)49-42(25-57-48)50(64-27-35-4-5-36(28-64)58-35)61-53(60-49)70-30-54(15-16-54)29-62-17-11-31(12-18-62)21-32-13-19-63(20-14-32)37-6-7-40-34(22-37)26-65(52(40)69)44-9-10-45(67)59-51(44)68/h1,3,6-8,22-25,31-32,35-36,44,58,66H,4-5,9-21,26-30H2,(H,59,67,68). The average Bonchev–Trinajstić information content (AvgIpc) is 3.94. The summed E-state index contributed by atoms with van der Waals surface area (Å²) in [6.07, 6.45) is 18.0. The Bertz CT molecular complexity index is 2980. The summed E-state index contributed by atoms with van der Waals surface area (Å²) in [7, 11) is 0. The molecule has 14 nitrogen and oxygen atoms in total. The lowest BCUT2D eigenvalue weighted by molar-refractivity contribution is -0.136. The molecule has 3 N–H and O–H groups in total. The van der Waals surface area contributed by atoms with Gasteiger partial charge in [0, 0.05) is 91.6 Å². The Kier molecular flexibility index (Phi) is 11.3. The largest absolute Gasteiger partial charge is 0.508 e. The molecule has 1 aliphatic carbocycles. The highest BCUT2D eigenvalue weighted by Gasteiger charge is 2.46. The van der Waals surface area contributed by atoms with Crippen molar-refractivity contribution in [3.63, 3.8) is 0 Å². The SMILES string of the molecule is C#Cc1c(F)ccc2cc(O)cc(-c3ncc4c(N5CC6CCC(C5)N6)nc(OCC5(CN6CCC(CC7CCN(c8ccc9c(c8)CN(C8CCC(=O)NC8=O)C9=O)CC7)CC6)CC5)nc4c3F)c12. The topological polar surface area (TPSA) is 156 Å². The van der Waals surface area contributed by atoms with Gasteiger partial charge in [-0.15, -0.1) is 6.42 Å². The summed E-state index contributed by atoms with van der Waals surface area (Å²) in [5.41, 5.74) is 2.76. The van der Waals surface area contributed by atoms with E-state index in [1.807, 2.05) is 12.1 Å². The number of aromatic hydroxyl groups is 1. The number of hydrogen-bond donors (Lipinski definition) is 3. The second-order valence-electron chi connectivity index (χ2n) is 21.1. The van der Waals surface area contributed by atoms with E-state index < -0.39 is 17.7 Å². The summed E-state index contributed by atoms with van der Waals surface area (Å²) in [5, 5.41) is 18.0. The summed E-state index contributed by atoms with van der Waals surface area (Å²) in [6.45, 7) is 7.20. The fraction of sp³-hybridized carbons (Fsp3) is 0.481. The first-order valence-electron chi connectivity index (χ1n) is 25.2. The average molecular weight is 950 g/mol. The highest BCUT2D eigenvalue weighted by Crippen LogP contribution is 2.48. The summed E-state index contributed by atoms with van der Waals surface area (Å²) in [4.78, 5) is 60.5. The molecular formula is C54H57F2N9O5. The van der Waals surface area contributed by atoms with E-state index in [0.717, 1.165) is 82.5 Å². The number of anilines is 2. The lowest BCUT2D eigenvalue weighted by atomic mass is 9.82. The van der Waals surface area contributed by atoms with Gasteiger partial charge in [0.1, 0.15) is 34.6 Å². The van der Waals surface area contributed by atoms with Crippen molar-refractivity contribution in [1.82, 2.24) is 35.4 Å². The quantitative estimate of drug-likeness (QED) is 0.0955. The first-order chi connectivity index (χ1) is 34.0. The van der Waals surface area contributed by atoms with Gasteiger partial charge in [0.15, 0.2) is 5.82 Å². The molecule has 3 atom stereocenters. The van der Waals surface area contributed by atoms with Crippen LogP contribution in [0.4, 0.5) is 20.3 Å². The number of hydrogen-bond acceptors (Lipinski definition) is 12. The number of nitrogens with zero attached hydrogens (tertiary/aromatic N) is 7. The maximum absolute atomic E-state index is 17.1. The van der Waals surface area contributed by atoms with E-state index in [2.05, 4.69) is 42.3 Å². The van der Waals surface area contributed by atoms with Crippen LogP contribution in [0.5, 0.6) is 11.8 Å². The summed E-state index contributed by atoms with van der Waals surface area (Å²) in [6, 6.07) is 11.7. The lowest BCUT2D eigenvalue weighted by Gasteiger charge is -2.38. The minimum Gasteiger partial charge on any atom is -0.508 e. The second-order valence-corrected chi connectivity index (χ2v) is 21.1. The number of halogens is 2. The fourth-order valence-corrected chi connectivity index (χ4v) is 12.5. The lowest BCUT2D eigenvalue weighted by Crippen LogP contribution is -2.52. The van der Waals surface area contributed by atoms with Crippen LogP contribution in [0.3, 0.4) is 0 Å². The van der Waals surface area contributed by atoms with Crippen LogP contribution in [-0.2, 0) is 16.1 Å². The Morgan fingerprint density at radius 2 is 1.63 bits per heavy atom. The molecule has 3 amide bonds. The molecule has 70 heavy (non-hydrogen) atoms. The Hall–Kier alpha value is -6.44. The summed E-state index contributed by atoms with van der Waals surface area (Å²) < 4.78 is 38.7. The number of amides is 3. The molecule has 3 aromatic carbocycles. The van der Waals surface area contributed by atoms with E-state index in [0.29, 0.717) is 78.7 Å². The third-order valence-corrected chi connectivity index (χ3v) is 16.5. The van der Waals surface area contributed by atoms with Crippen LogP contribution in [0.25, 0.3) is 32.9 Å². The number of phenols is 1. The molecule has 1 saturated carbocycles. The van der Waals surface area contributed by atoms with Gasteiger partial charge in [-0.1, -0.05) is 12.0 Å². The van der Waals surface area contributed by atoms with Gasteiger partial charge in [0.05, 0.1) is 17.6 Å². The van der Waals surface area contributed by atoms with Crippen molar-refractivity contribution < 1.29 is 33.0 Å². The minimum atomic E-state index is -0.725. The predicted molar refractivity (Wildman–Crippen MR) is 260 cm³/mol. The van der Waals surface area contributed by atoms with Gasteiger partial charge in [0.2, 0.25) is 11.8 Å². The molecule has 3 unspecified atom stereocenters. The smallest absolute Gasteiger partial charge is 0.319 e. The van der Waals surface area contributed by atoms with E-state index in [-0.39, 0.29) is 69.0 Å². The number of piperidine rings is 3. The summed E-state index contributed by atoms with van der Waals surface area (Å²) in [5.74, 6) is 2.07. The molecule has 2 bridgehead atoms. The van der Waals surface area contributed by atoms with Crippen LogP contribution in [0.1, 0.15) is 92.1 Å². The first kappa shape index (κ1) is 44.7. The number of nitrogens with one attached hydrogen (secondary N) is 2. The highest BCUT2D eigenvalue weighted by molar-refractivity contribution is 6.06. The van der Waals surface area contributed by atoms with E-state index in [9.17, 15) is 19.5 Å². The molecule has 0 radical (unpaired) electrons. The molecule has 2 aromatic heterocycles. The number of likely N-dealkylation sites (tertiary alicyclic amines) is 1. The molecule has 16 heteroatoms. The van der Waals surface area contributed by atoms with Gasteiger partial charge in [-0.2, -0.15) is 9.97 Å². The van der Waals surface area contributed by atoms with Gasteiger partial charge in [-0.25, -0.2) is 8.78 Å². The maximum atomic E-state index is 17.1. The van der Waals surface area contributed by atoms with E-state index >= 15 is 8.78 Å². The number of aromatic nitrogens is 3. The number of fused-ring (bicyclic) bond motifs is 5. The number of ether oxygens (including phenoxy) is 1. The predicted octanol–water partition coefficient (Wildman–Crippen LogP) is 6.69. The zero-order valence-electron chi connectivity index (χ0n) is 39.2. The van der Waals surface area contributed by atoms with Crippen LogP contribution in [-0.4, -0.2) is 118 Å². The molecule has 362 valence electrons. The molecule has 6 fully saturated rings. The minimum absolute atomic E-state index is 0.0293. The maximum Gasteiger partial charge on any atom is 0.319 e. The van der Waals surface area contributed by atoms with Crippen molar-refractivity contribution in [3.05, 3.63) is 77.0 Å². The fourth-order valence-electron chi connectivity index (χ4n) is 12.5. The Morgan fingerprint density at radius 3 is 2.36 bits per heavy atom. The van der Waals surface area contributed by atoms with Crippen LogP contribution >= 0.6 is 0 Å². The molecule has 6 aliphatic heterocycles. The second kappa shape index (κ2) is 17.8. The van der Waals surface area contributed by atoms with Crippen LogP contribution in [0, 0.1) is 41.2 Å². The van der Waals surface area contributed by atoms with Crippen molar-refractivity contribution in [1.29, 1.82) is 0 Å². The number of benzene rings is 3. The zero-order valence-corrected chi connectivity index (χ0v) is 39.2. The number of piperazine rings is 1. The van der Waals surface area contributed by atoms with Crippen molar-refractivity contribution in [2.24, 2.45) is 17.3 Å². The molecular weight excluding hydrogens is 893 g/mol. The molecule has 8 heterocycles. The number of rotatable bonds is 11. The third-order valence-electron chi connectivity index (χ3n) is 16.5. The first-order valence-corrected chi connectivity index (χ1v) is 25.2. The van der Waals surface area contributed by atoms with Gasteiger partial charge in [0.25, 0.3) is 5.91 Å². The number of terminal acetylenes is 1. The Morgan fingerprint density at radius 1 is 0.871 bits per heavy atom. The van der Waals surface area contributed by atoms with E-state index in [1.165, 1.54) is 43.5 Å². The molecule has 5 aromatic rings. The highest BCUT2D eigenvalue weighted by atomic mass is 19.1. The van der Waals surface area contributed by atoms with Crippen LogP contribution in [0.15, 0.2) is 48.7 Å². The van der Waals surface area contributed by atoms with Crippen molar-refractivity contribution in [3.8, 4) is 35.4 Å². The van der Waals surface area contributed by atoms with Crippen LogP contribution < -0.4 is 25.2 Å². The molecule has 7 aliphatic rings. The van der Waals surface area contributed by atoms with Gasteiger partial charge < -0.3 is 34.8 Å². The number of carbonyl (C=O) groups is 3. The molecule has 12 rings (SSSR count). The number of carbonyl (C=O) groups excluding carboxylic acids is 3. The third kappa shape index (κ3) is 8.34. The van der Waals surface area contributed by atoms with Gasteiger partial charge in [-0.3, -0.25) is 24.7 Å². The van der Waals surface area contributed by atoms with Crippen molar-refractivity contribution >= 4 is 50.9 Å². The van der Waals surface area contributed by atoms with E-state index in [1.54, 1.807) is 11.1 Å². The van der Waals surface area contributed by atoms with Gasteiger partial charge >= 0.3 is 6.01 Å². The summed E-state index contributed by atoms with van der Waals surface area (Å²) >= 11 is 0. The number of pyridine rings is 1. The van der Waals surface area contributed by atoms with Crippen molar-refractivity contribution in [2.45, 2.75) is 95.3 Å². The number of imide groups is 1. The Labute approximate surface area is 405 Å². The van der Waals surface area contributed by atoms with Crippen molar-refractivity contribution in [2.75, 3.05) is 62.2 Å². The van der Waals surface area contributed by atoms with Gasteiger partial charge in [-0.05, 0) is 136 Å². The Balaban J connectivity index is 0.684. The molecule has 5 saturated heterocycles. The normalized spacial score (nSPS) is 23.8. The monoisotopic (exact) mass is 949 g/mol. The number of phenolic OH excluding ortho intramolecular Hbond substituents is 1. The van der Waals surface area contributed by atoms with Crippen LogP contribution in [0.2, 0.25) is 0 Å². The molecule has 0 spiro atoms. The van der Waals surface area contributed by atoms with E-state index in [4.69, 9.17) is 21.1 Å².